The van der Waals surface area contributed by atoms with Crippen molar-refractivity contribution in [3.05, 3.63) is 16.4 Å². The smallest absolute Gasteiger partial charge is 0.296 e. The monoisotopic (exact) mass is 230 g/mol. The van der Waals surface area contributed by atoms with E-state index in [1.807, 2.05) is 0 Å². The summed E-state index contributed by atoms with van der Waals surface area (Å²) in [6.07, 6.45) is 0. The molecular weight excluding hydrogens is 226 g/mol. The molecule has 0 bridgehead atoms. The van der Waals surface area contributed by atoms with Crippen LogP contribution in [0.15, 0.2) is 9.32 Å². The fourth-order valence-corrected chi connectivity index (χ4v) is 1.16. The van der Waals surface area contributed by atoms with E-state index < -0.39 is 9.55 Å². The van der Waals surface area contributed by atoms with Crippen LogP contribution in [0.2, 0.25) is 0 Å². The van der Waals surface area contributed by atoms with Crippen molar-refractivity contribution in [1.29, 1.82) is 0 Å². The van der Waals surface area contributed by atoms with Crippen LogP contribution in [0.4, 0.5) is 0 Å². The molecule has 0 radical (unpaired) electrons. The van der Waals surface area contributed by atoms with Gasteiger partial charge >= 0.3 is 5.76 Å². The second-order valence-corrected chi connectivity index (χ2v) is 4.30. The molecule has 0 N–H and O–H groups in total. The molecule has 0 fully saturated rings. The summed E-state index contributed by atoms with van der Waals surface area (Å²) in [5.41, 5.74) is 0. The predicted molar refractivity (Wildman–Crippen MR) is 45.7 cm³/mol. The number of aromatic nitrogens is 2. The zero-order chi connectivity index (χ0) is 9.35. The standard InChI is InChI=1S/C5H5Cl3N2O2/c1-2-10-3(5(6,7)8)9-12-4(10)11/h2H2,1H3. The Morgan fingerprint density at radius 3 is 2.50 bits per heavy atom. The largest absolute Gasteiger partial charge is 0.441 e. The van der Waals surface area contributed by atoms with Crippen LogP contribution in [0.1, 0.15) is 12.7 Å². The van der Waals surface area contributed by atoms with Gasteiger partial charge in [-0.1, -0.05) is 40.0 Å². The van der Waals surface area contributed by atoms with E-state index in [0.717, 1.165) is 4.57 Å². The maximum absolute atomic E-state index is 10.9. The van der Waals surface area contributed by atoms with Crippen LogP contribution in [0.5, 0.6) is 0 Å². The highest BCUT2D eigenvalue weighted by atomic mass is 35.6. The van der Waals surface area contributed by atoms with Crippen LogP contribution >= 0.6 is 34.8 Å². The third kappa shape index (κ3) is 1.76. The van der Waals surface area contributed by atoms with E-state index in [4.69, 9.17) is 34.8 Å². The van der Waals surface area contributed by atoms with Gasteiger partial charge in [-0.05, 0) is 6.92 Å². The lowest BCUT2D eigenvalue weighted by atomic mass is 10.6. The molecule has 0 atom stereocenters. The average molecular weight is 231 g/mol. The molecule has 4 nitrogen and oxygen atoms in total. The SMILES string of the molecule is CCn1c(C(Cl)(Cl)Cl)noc1=O. The lowest BCUT2D eigenvalue weighted by Crippen LogP contribution is -2.19. The fourth-order valence-electron chi connectivity index (χ4n) is 0.751. The van der Waals surface area contributed by atoms with Gasteiger partial charge in [-0.15, -0.1) is 0 Å². The first-order chi connectivity index (χ1) is 5.46. The van der Waals surface area contributed by atoms with Crippen LogP contribution in [0, 0.1) is 0 Å². The van der Waals surface area contributed by atoms with Gasteiger partial charge in [0.05, 0.1) is 0 Å². The summed E-state index contributed by atoms with van der Waals surface area (Å²) in [4.78, 5) is 10.9. The van der Waals surface area contributed by atoms with Gasteiger partial charge < -0.3 is 0 Å². The molecule has 1 aromatic heterocycles. The van der Waals surface area contributed by atoms with Crippen LogP contribution < -0.4 is 5.76 Å². The van der Waals surface area contributed by atoms with Gasteiger partial charge in [-0.25, -0.2) is 4.79 Å². The molecular formula is C5H5Cl3N2O2. The molecule has 0 aliphatic rings. The van der Waals surface area contributed by atoms with Crippen LogP contribution in [-0.4, -0.2) is 9.72 Å². The topological polar surface area (TPSA) is 48.0 Å². The van der Waals surface area contributed by atoms with Crippen LogP contribution in [0.25, 0.3) is 0 Å². The van der Waals surface area contributed by atoms with Crippen LogP contribution in [-0.2, 0) is 10.3 Å². The van der Waals surface area contributed by atoms with Gasteiger partial charge in [0, 0.05) is 6.54 Å². The number of nitrogens with zero attached hydrogens (tertiary/aromatic N) is 2. The van der Waals surface area contributed by atoms with Crippen LogP contribution in [0.3, 0.4) is 0 Å². The lowest BCUT2D eigenvalue weighted by molar-refractivity contribution is 0.374. The van der Waals surface area contributed by atoms with Gasteiger partial charge in [0.15, 0.2) is 0 Å². The molecule has 1 rings (SSSR count). The second-order valence-electron chi connectivity index (χ2n) is 2.01. The number of hydrogen-bond acceptors (Lipinski definition) is 3. The summed E-state index contributed by atoms with van der Waals surface area (Å²) in [5.74, 6) is -0.626. The number of alkyl halides is 3. The summed E-state index contributed by atoms with van der Waals surface area (Å²) < 4.78 is 3.74. The highest BCUT2D eigenvalue weighted by Crippen LogP contribution is 2.36. The first kappa shape index (κ1) is 9.89. The molecule has 7 heteroatoms. The van der Waals surface area contributed by atoms with Crippen molar-refractivity contribution in [2.24, 2.45) is 0 Å². The minimum atomic E-state index is -1.72. The van der Waals surface area contributed by atoms with Crippen molar-refractivity contribution in [2.45, 2.75) is 17.3 Å². The molecule has 68 valence electrons. The van der Waals surface area contributed by atoms with Gasteiger partial charge in [0.1, 0.15) is 0 Å². The molecule has 0 saturated heterocycles. The Kier molecular flexibility index (Phi) is 2.70. The van der Waals surface area contributed by atoms with E-state index in [9.17, 15) is 4.79 Å². The Morgan fingerprint density at radius 1 is 1.58 bits per heavy atom. The Labute approximate surface area is 83.0 Å². The fraction of sp³-hybridized carbons (Fsp3) is 0.600. The second kappa shape index (κ2) is 3.28. The first-order valence-electron chi connectivity index (χ1n) is 3.10. The molecule has 1 aromatic rings. The van der Waals surface area contributed by atoms with Crippen molar-refractivity contribution in [3.8, 4) is 0 Å². The first-order valence-corrected chi connectivity index (χ1v) is 4.24. The van der Waals surface area contributed by atoms with E-state index in [1.165, 1.54) is 0 Å². The molecule has 0 aromatic carbocycles. The molecule has 0 amide bonds. The van der Waals surface area contributed by atoms with Crippen molar-refractivity contribution >= 4 is 34.8 Å². The molecule has 0 aliphatic heterocycles. The number of hydrogen-bond donors (Lipinski definition) is 0. The highest BCUT2D eigenvalue weighted by Gasteiger charge is 2.31. The van der Waals surface area contributed by atoms with Gasteiger partial charge in [-0.2, -0.15) is 0 Å². The minimum Gasteiger partial charge on any atom is -0.296 e. The summed E-state index contributed by atoms with van der Waals surface area (Å²) >= 11 is 16.5. The third-order valence-electron chi connectivity index (χ3n) is 1.26. The maximum Gasteiger partial charge on any atom is 0.441 e. The third-order valence-corrected chi connectivity index (χ3v) is 1.76. The zero-order valence-corrected chi connectivity index (χ0v) is 8.32. The van der Waals surface area contributed by atoms with E-state index in [0.29, 0.717) is 6.54 Å². The van der Waals surface area contributed by atoms with Gasteiger partial charge in [0.2, 0.25) is 5.82 Å². The molecule has 0 saturated carbocycles. The summed E-state index contributed by atoms with van der Waals surface area (Å²) in [7, 11) is 0. The molecule has 0 aliphatic carbocycles. The van der Waals surface area contributed by atoms with E-state index >= 15 is 0 Å². The van der Waals surface area contributed by atoms with Gasteiger partial charge in [0.25, 0.3) is 3.79 Å². The Hall–Kier alpha value is -0.190. The normalized spacial score (nSPS) is 12.0. The van der Waals surface area contributed by atoms with E-state index in [1.54, 1.807) is 6.92 Å². The number of halogens is 3. The Balaban J connectivity index is 3.26. The van der Waals surface area contributed by atoms with E-state index in [-0.39, 0.29) is 5.82 Å². The van der Waals surface area contributed by atoms with Crippen molar-refractivity contribution < 1.29 is 4.52 Å². The van der Waals surface area contributed by atoms with Crippen molar-refractivity contribution in [1.82, 2.24) is 9.72 Å². The molecule has 1 heterocycles. The molecule has 12 heavy (non-hydrogen) atoms. The molecule has 0 spiro atoms. The summed E-state index contributed by atoms with van der Waals surface area (Å²) in [5, 5.41) is 3.34. The average Bonchev–Trinajstić information content (AvgIpc) is 2.29. The Morgan fingerprint density at radius 2 is 2.17 bits per heavy atom. The predicted octanol–water partition coefficient (Wildman–Crippen LogP) is 1.68. The molecule has 0 unspecified atom stereocenters. The van der Waals surface area contributed by atoms with E-state index in [2.05, 4.69) is 9.68 Å². The maximum atomic E-state index is 10.9. The van der Waals surface area contributed by atoms with Crippen molar-refractivity contribution in [2.75, 3.05) is 0 Å². The summed E-state index contributed by atoms with van der Waals surface area (Å²) in [6.45, 7) is 2.07. The number of rotatable bonds is 1. The zero-order valence-electron chi connectivity index (χ0n) is 6.05. The lowest BCUT2D eigenvalue weighted by Gasteiger charge is -2.07. The minimum absolute atomic E-state index is 0.000000000000000444. The Bertz CT molecular complexity index is 324. The van der Waals surface area contributed by atoms with Gasteiger partial charge in [-0.3, -0.25) is 9.09 Å². The van der Waals surface area contributed by atoms with Crippen molar-refractivity contribution in [3.63, 3.8) is 0 Å². The highest BCUT2D eigenvalue weighted by molar-refractivity contribution is 6.66. The summed E-state index contributed by atoms with van der Waals surface area (Å²) in [6, 6.07) is 0. The quantitative estimate of drug-likeness (QED) is 0.691.